The van der Waals surface area contributed by atoms with Crippen molar-refractivity contribution in [2.75, 3.05) is 13.2 Å². The number of alkyl halides is 1. The van der Waals surface area contributed by atoms with Gasteiger partial charge in [-0.15, -0.1) is 0 Å². The Labute approximate surface area is 176 Å². The van der Waals surface area contributed by atoms with E-state index in [1.165, 1.54) is 19.3 Å². The molecule has 1 atom stereocenters. The molecule has 0 bridgehead atoms. The number of amides is 2. The van der Waals surface area contributed by atoms with Crippen molar-refractivity contribution < 1.29 is 18.7 Å². The fourth-order valence-electron chi connectivity index (χ4n) is 4.11. The number of urea groups is 1. The summed E-state index contributed by atoms with van der Waals surface area (Å²) in [6.07, 6.45) is 11.4. The third-order valence-corrected chi connectivity index (χ3v) is 6.24. The van der Waals surface area contributed by atoms with Gasteiger partial charge in [0.1, 0.15) is 0 Å². The van der Waals surface area contributed by atoms with Crippen molar-refractivity contribution in [1.82, 2.24) is 10.6 Å². The fraction of sp³-hybridized carbons (Fsp3) is 0.913. The third kappa shape index (κ3) is 10.3. The van der Waals surface area contributed by atoms with Gasteiger partial charge in [0.15, 0.2) is 6.17 Å². The van der Waals surface area contributed by atoms with E-state index in [0.717, 1.165) is 51.4 Å². The highest BCUT2D eigenvalue weighted by Crippen LogP contribution is 2.38. The van der Waals surface area contributed by atoms with Crippen LogP contribution in [0.4, 0.5) is 9.18 Å². The summed E-state index contributed by atoms with van der Waals surface area (Å²) in [5.74, 6) is -0.0407. The average Bonchev–Trinajstić information content (AvgIpc) is 2.68. The maximum absolute atomic E-state index is 13.5. The first-order valence-electron chi connectivity index (χ1n) is 11.8. The summed E-state index contributed by atoms with van der Waals surface area (Å²) in [6.45, 7) is 7.07. The largest absolute Gasteiger partial charge is 0.464 e. The van der Waals surface area contributed by atoms with E-state index in [9.17, 15) is 14.0 Å². The van der Waals surface area contributed by atoms with Crippen LogP contribution in [0.2, 0.25) is 0 Å². The maximum Gasteiger partial charge on any atom is 0.340 e. The van der Waals surface area contributed by atoms with Crippen LogP contribution in [0.25, 0.3) is 0 Å². The molecule has 6 heteroatoms. The predicted octanol–water partition coefficient (Wildman–Crippen LogP) is 5.67. The van der Waals surface area contributed by atoms with Crippen LogP contribution in [0.1, 0.15) is 104 Å². The summed E-state index contributed by atoms with van der Waals surface area (Å²) < 4.78 is 18.1. The van der Waals surface area contributed by atoms with E-state index < -0.39 is 12.1 Å². The number of hydrogen-bond acceptors (Lipinski definition) is 3. The van der Waals surface area contributed by atoms with Crippen molar-refractivity contribution in [2.45, 2.75) is 116 Å². The lowest BCUT2D eigenvalue weighted by molar-refractivity contribution is -0.149. The Morgan fingerprint density at radius 3 is 2.17 bits per heavy atom. The van der Waals surface area contributed by atoms with Crippen molar-refractivity contribution >= 4 is 12.0 Å². The van der Waals surface area contributed by atoms with Crippen molar-refractivity contribution in [2.24, 2.45) is 5.92 Å². The number of carbonyl (C=O) groups is 2. The Morgan fingerprint density at radius 1 is 1.00 bits per heavy atom. The normalized spacial score (nSPS) is 16.2. The molecule has 0 aromatic carbocycles. The minimum atomic E-state index is -1.48. The molecular weight excluding hydrogens is 371 g/mol. The van der Waals surface area contributed by atoms with Gasteiger partial charge >= 0.3 is 12.0 Å². The van der Waals surface area contributed by atoms with Gasteiger partial charge in [0.2, 0.25) is 0 Å². The van der Waals surface area contributed by atoms with E-state index >= 15 is 0 Å². The van der Waals surface area contributed by atoms with Gasteiger partial charge in [-0.05, 0) is 57.8 Å². The number of halogens is 1. The second-order valence-corrected chi connectivity index (χ2v) is 8.53. The second kappa shape index (κ2) is 14.6. The van der Waals surface area contributed by atoms with E-state index in [1.807, 2.05) is 0 Å². The van der Waals surface area contributed by atoms with Crippen LogP contribution >= 0.6 is 0 Å². The molecule has 1 fully saturated rings. The van der Waals surface area contributed by atoms with Crippen LogP contribution in [-0.2, 0) is 9.53 Å². The molecule has 1 aliphatic rings. The van der Waals surface area contributed by atoms with E-state index in [2.05, 4.69) is 29.2 Å². The van der Waals surface area contributed by atoms with Gasteiger partial charge in [-0.25, -0.2) is 14.0 Å². The van der Waals surface area contributed by atoms with Crippen LogP contribution in [-0.4, -0.2) is 36.9 Å². The summed E-state index contributed by atoms with van der Waals surface area (Å²) in [4.78, 5) is 23.4. The zero-order valence-corrected chi connectivity index (χ0v) is 18.9. The van der Waals surface area contributed by atoms with E-state index in [4.69, 9.17) is 0 Å². The van der Waals surface area contributed by atoms with Crippen LogP contribution < -0.4 is 10.6 Å². The SMILES string of the molecule is CCOC(=O)C(F)CCCCCCCCNC(=O)NC1(CC(CC)CC)CCC1. The quantitative estimate of drug-likeness (QED) is 0.253. The Hall–Kier alpha value is -1.33. The first kappa shape index (κ1) is 25.7. The zero-order valence-electron chi connectivity index (χ0n) is 18.9. The lowest BCUT2D eigenvalue weighted by atomic mass is 9.70. The first-order valence-corrected chi connectivity index (χ1v) is 11.8. The topological polar surface area (TPSA) is 67.4 Å². The molecule has 0 spiro atoms. The number of rotatable bonds is 16. The van der Waals surface area contributed by atoms with Crippen molar-refractivity contribution in [3.63, 3.8) is 0 Å². The Morgan fingerprint density at radius 2 is 1.62 bits per heavy atom. The van der Waals surface area contributed by atoms with E-state index in [0.29, 0.717) is 18.9 Å². The van der Waals surface area contributed by atoms with Gasteiger partial charge in [0, 0.05) is 12.1 Å². The van der Waals surface area contributed by atoms with Crippen LogP contribution in [0, 0.1) is 5.92 Å². The molecule has 1 rings (SSSR count). The molecule has 0 saturated heterocycles. The highest BCUT2D eigenvalue weighted by Gasteiger charge is 2.39. The Balaban J connectivity index is 2.03. The molecule has 29 heavy (non-hydrogen) atoms. The molecule has 0 aromatic rings. The third-order valence-electron chi connectivity index (χ3n) is 6.24. The highest BCUT2D eigenvalue weighted by atomic mass is 19.1. The molecule has 5 nitrogen and oxygen atoms in total. The molecule has 0 aliphatic heterocycles. The number of esters is 1. The van der Waals surface area contributed by atoms with Crippen LogP contribution in [0.5, 0.6) is 0 Å². The Kier molecular flexibility index (Phi) is 13.0. The monoisotopic (exact) mass is 414 g/mol. The minimum absolute atomic E-state index is 0.0244. The van der Waals surface area contributed by atoms with Crippen molar-refractivity contribution in [3.8, 4) is 0 Å². The standard InChI is InChI=1S/C23H43FN2O3/c1-4-19(5-2)18-23(15-13-16-23)26-22(28)25-17-12-10-8-7-9-11-14-20(24)21(27)29-6-3/h19-20H,4-18H2,1-3H3,(H2,25,26,28). The van der Waals surface area contributed by atoms with Gasteiger partial charge in [0.05, 0.1) is 6.61 Å². The van der Waals surface area contributed by atoms with Gasteiger partial charge in [-0.1, -0.05) is 52.4 Å². The Bertz CT molecular complexity index is 465. The summed E-state index contributed by atoms with van der Waals surface area (Å²) in [7, 11) is 0. The fourth-order valence-corrected chi connectivity index (χ4v) is 4.11. The highest BCUT2D eigenvalue weighted by molar-refractivity contribution is 5.75. The molecule has 0 aromatic heterocycles. The smallest absolute Gasteiger partial charge is 0.340 e. The van der Waals surface area contributed by atoms with Crippen molar-refractivity contribution in [3.05, 3.63) is 0 Å². The second-order valence-electron chi connectivity index (χ2n) is 8.53. The average molecular weight is 415 g/mol. The summed E-state index contributed by atoms with van der Waals surface area (Å²) in [5.41, 5.74) is 0.0264. The zero-order chi connectivity index (χ0) is 21.5. The maximum atomic E-state index is 13.5. The number of nitrogens with one attached hydrogen (secondary N) is 2. The molecule has 2 amide bonds. The number of unbranched alkanes of at least 4 members (excludes halogenated alkanes) is 5. The van der Waals surface area contributed by atoms with Gasteiger partial charge in [0.25, 0.3) is 0 Å². The molecule has 1 saturated carbocycles. The molecular formula is C23H43FN2O3. The minimum Gasteiger partial charge on any atom is -0.464 e. The van der Waals surface area contributed by atoms with E-state index in [-0.39, 0.29) is 24.6 Å². The van der Waals surface area contributed by atoms with Crippen LogP contribution in [0.15, 0.2) is 0 Å². The molecule has 2 N–H and O–H groups in total. The van der Waals surface area contributed by atoms with Crippen molar-refractivity contribution in [1.29, 1.82) is 0 Å². The summed E-state index contributed by atoms with van der Waals surface area (Å²) in [5, 5.41) is 6.26. The molecule has 0 radical (unpaired) electrons. The number of carbonyl (C=O) groups excluding carboxylic acids is 2. The van der Waals surface area contributed by atoms with Gasteiger partial charge in [-0.2, -0.15) is 0 Å². The summed E-state index contributed by atoms with van der Waals surface area (Å²) in [6, 6.07) is -0.0244. The lowest BCUT2D eigenvalue weighted by Crippen LogP contribution is -2.57. The van der Waals surface area contributed by atoms with Gasteiger partial charge in [-0.3, -0.25) is 0 Å². The summed E-state index contributed by atoms with van der Waals surface area (Å²) >= 11 is 0. The lowest BCUT2D eigenvalue weighted by Gasteiger charge is -2.44. The van der Waals surface area contributed by atoms with Gasteiger partial charge < -0.3 is 15.4 Å². The number of hydrogen-bond donors (Lipinski definition) is 2. The van der Waals surface area contributed by atoms with Crippen LogP contribution in [0.3, 0.4) is 0 Å². The molecule has 1 unspecified atom stereocenters. The first-order chi connectivity index (χ1) is 14.0. The van der Waals surface area contributed by atoms with E-state index in [1.54, 1.807) is 6.92 Å². The predicted molar refractivity (Wildman–Crippen MR) is 116 cm³/mol. The number of ether oxygens (including phenoxy) is 1. The molecule has 0 heterocycles. The molecule has 1 aliphatic carbocycles. The molecule has 170 valence electrons.